The molecule has 0 unspecified atom stereocenters. The lowest BCUT2D eigenvalue weighted by Crippen LogP contribution is -2.05. The number of alkyl halides is 1. The van der Waals surface area contributed by atoms with Crippen molar-refractivity contribution in [3.63, 3.8) is 0 Å². The number of ether oxygens (including phenoxy) is 1. The first-order valence-electron chi connectivity index (χ1n) is 4.89. The van der Waals surface area contributed by atoms with Gasteiger partial charge in [0, 0.05) is 11.6 Å². The summed E-state index contributed by atoms with van der Waals surface area (Å²) < 4.78 is 4.63. The van der Waals surface area contributed by atoms with Crippen LogP contribution >= 0.6 is 11.6 Å². The second kappa shape index (κ2) is 6.18. The number of rotatable bonds is 4. The summed E-state index contributed by atoms with van der Waals surface area (Å²) in [5.74, 6) is 0.153. The lowest BCUT2D eigenvalue weighted by atomic mass is 10.1. The Morgan fingerprint density at radius 1 is 1.56 bits per heavy atom. The van der Waals surface area contributed by atoms with Crippen molar-refractivity contribution in [3.05, 3.63) is 35.4 Å². The van der Waals surface area contributed by atoms with E-state index in [4.69, 9.17) is 17.3 Å². The van der Waals surface area contributed by atoms with Gasteiger partial charge in [-0.1, -0.05) is 18.2 Å². The summed E-state index contributed by atoms with van der Waals surface area (Å²) in [5.41, 5.74) is 7.38. The van der Waals surface area contributed by atoms with Gasteiger partial charge in [0.25, 0.3) is 0 Å². The highest BCUT2D eigenvalue weighted by atomic mass is 35.5. The van der Waals surface area contributed by atoms with Crippen molar-refractivity contribution in [3.8, 4) is 0 Å². The van der Waals surface area contributed by atoms with Crippen molar-refractivity contribution in [2.75, 3.05) is 18.7 Å². The Labute approximate surface area is 99.8 Å². The van der Waals surface area contributed by atoms with Crippen LogP contribution in [0, 0.1) is 0 Å². The monoisotopic (exact) mass is 239 g/mol. The van der Waals surface area contributed by atoms with Gasteiger partial charge in [0.15, 0.2) is 0 Å². The zero-order valence-corrected chi connectivity index (χ0v) is 9.83. The second-order valence-corrected chi connectivity index (χ2v) is 3.60. The minimum absolute atomic E-state index is 0.385. The molecule has 0 saturated carbocycles. The van der Waals surface area contributed by atoms with Crippen LogP contribution in [0.1, 0.15) is 22.3 Å². The Hall–Kier alpha value is -1.48. The maximum absolute atomic E-state index is 11.4. The van der Waals surface area contributed by atoms with Crippen LogP contribution in [0.3, 0.4) is 0 Å². The summed E-state index contributed by atoms with van der Waals surface area (Å²) in [7, 11) is 1.33. The van der Waals surface area contributed by atoms with E-state index in [-0.39, 0.29) is 0 Å². The Morgan fingerprint density at radius 2 is 2.31 bits per heavy atom. The van der Waals surface area contributed by atoms with Gasteiger partial charge in [0.2, 0.25) is 0 Å². The van der Waals surface area contributed by atoms with Gasteiger partial charge in [-0.25, -0.2) is 4.79 Å². The van der Waals surface area contributed by atoms with E-state index in [0.717, 1.165) is 12.0 Å². The van der Waals surface area contributed by atoms with Crippen LogP contribution in [-0.4, -0.2) is 19.0 Å². The number of hydrogen-bond acceptors (Lipinski definition) is 3. The van der Waals surface area contributed by atoms with Crippen LogP contribution in [0.4, 0.5) is 5.69 Å². The fourth-order valence-electron chi connectivity index (χ4n) is 1.25. The van der Waals surface area contributed by atoms with Gasteiger partial charge >= 0.3 is 5.97 Å². The van der Waals surface area contributed by atoms with Crippen LogP contribution in [0.15, 0.2) is 24.3 Å². The molecule has 0 spiro atoms. The van der Waals surface area contributed by atoms with E-state index in [0.29, 0.717) is 17.1 Å². The maximum Gasteiger partial charge on any atom is 0.339 e. The third-order valence-electron chi connectivity index (χ3n) is 2.07. The van der Waals surface area contributed by atoms with Crippen LogP contribution < -0.4 is 5.73 Å². The number of nitrogens with two attached hydrogens (primary N) is 1. The van der Waals surface area contributed by atoms with Gasteiger partial charge in [0.05, 0.1) is 12.7 Å². The van der Waals surface area contributed by atoms with E-state index in [1.54, 1.807) is 12.1 Å². The minimum Gasteiger partial charge on any atom is -0.465 e. The van der Waals surface area contributed by atoms with E-state index >= 15 is 0 Å². The number of nitrogen functional groups attached to an aromatic ring is 1. The van der Waals surface area contributed by atoms with Gasteiger partial charge in [-0.05, 0) is 24.1 Å². The van der Waals surface area contributed by atoms with Crippen molar-refractivity contribution in [2.24, 2.45) is 0 Å². The maximum atomic E-state index is 11.4. The zero-order chi connectivity index (χ0) is 12.0. The van der Waals surface area contributed by atoms with Crippen molar-refractivity contribution >= 4 is 29.3 Å². The quantitative estimate of drug-likeness (QED) is 0.499. The Morgan fingerprint density at radius 3 is 2.94 bits per heavy atom. The topological polar surface area (TPSA) is 52.3 Å². The molecule has 4 heteroatoms. The van der Waals surface area contributed by atoms with E-state index in [1.165, 1.54) is 7.11 Å². The lowest BCUT2D eigenvalue weighted by molar-refractivity contribution is 0.0602. The smallest absolute Gasteiger partial charge is 0.339 e. The highest BCUT2D eigenvalue weighted by Crippen LogP contribution is 2.16. The molecular formula is C12H14ClNO2. The molecule has 16 heavy (non-hydrogen) atoms. The zero-order valence-electron chi connectivity index (χ0n) is 9.07. The van der Waals surface area contributed by atoms with Gasteiger partial charge in [0.1, 0.15) is 0 Å². The van der Waals surface area contributed by atoms with Crippen LogP contribution in [0.25, 0.3) is 6.08 Å². The van der Waals surface area contributed by atoms with Crippen LogP contribution in [-0.2, 0) is 4.74 Å². The third-order valence-corrected chi connectivity index (χ3v) is 2.29. The standard InChI is InChI=1S/C12H14ClNO2/c1-16-12(15)10-8-9(4-2-3-7-13)5-6-11(10)14/h2,4-6,8H,3,7,14H2,1H3. The number of carbonyl (C=O) groups is 1. The molecule has 2 N–H and O–H groups in total. The lowest BCUT2D eigenvalue weighted by Gasteiger charge is -2.04. The number of carbonyl (C=O) groups excluding carboxylic acids is 1. The summed E-state index contributed by atoms with van der Waals surface area (Å²) in [4.78, 5) is 11.4. The molecular weight excluding hydrogens is 226 g/mol. The van der Waals surface area contributed by atoms with Gasteiger partial charge in [-0.2, -0.15) is 0 Å². The molecule has 3 nitrogen and oxygen atoms in total. The highest BCUT2D eigenvalue weighted by Gasteiger charge is 2.09. The molecule has 0 aliphatic carbocycles. The molecule has 1 rings (SSSR count). The number of methoxy groups -OCH3 is 1. The molecule has 0 atom stereocenters. The number of hydrogen-bond donors (Lipinski definition) is 1. The molecule has 0 heterocycles. The minimum atomic E-state index is -0.426. The van der Waals surface area contributed by atoms with Crippen molar-refractivity contribution in [1.29, 1.82) is 0 Å². The first-order valence-corrected chi connectivity index (χ1v) is 5.43. The predicted octanol–water partition coefficient (Wildman–Crippen LogP) is 2.70. The molecule has 1 aromatic rings. The highest BCUT2D eigenvalue weighted by molar-refractivity contribution is 6.17. The summed E-state index contributed by atoms with van der Waals surface area (Å²) in [6.45, 7) is 0. The summed E-state index contributed by atoms with van der Waals surface area (Å²) >= 11 is 5.55. The second-order valence-electron chi connectivity index (χ2n) is 3.22. The Balaban J connectivity index is 2.93. The molecule has 0 aliphatic heterocycles. The Bertz CT molecular complexity index is 402. The number of anilines is 1. The molecule has 86 valence electrons. The van der Waals surface area contributed by atoms with Gasteiger partial charge < -0.3 is 10.5 Å². The van der Waals surface area contributed by atoms with Crippen molar-refractivity contribution in [2.45, 2.75) is 6.42 Å². The molecule has 0 radical (unpaired) electrons. The molecule has 0 aliphatic rings. The SMILES string of the molecule is COC(=O)c1cc(C=CCCCl)ccc1N. The number of benzene rings is 1. The fourth-order valence-corrected chi connectivity index (χ4v) is 1.37. The summed E-state index contributed by atoms with van der Waals surface area (Å²) in [6.07, 6.45) is 4.63. The largest absolute Gasteiger partial charge is 0.465 e. The average Bonchev–Trinajstić information content (AvgIpc) is 2.30. The van der Waals surface area contributed by atoms with E-state index in [2.05, 4.69) is 4.74 Å². The molecule has 1 aromatic carbocycles. The number of esters is 1. The van der Waals surface area contributed by atoms with E-state index in [9.17, 15) is 4.79 Å². The number of allylic oxidation sites excluding steroid dienone is 1. The summed E-state index contributed by atoms with van der Waals surface area (Å²) in [6, 6.07) is 5.23. The molecule has 0 saturated heterocycles. The molecule has 0 aromatic heterocycles. The predicted molar refractivity (Wildman–Crippen MR) is 66.6 cm³/mol. The van der Waals surface area contributed by atoms with Crippen molar-refractivity contribution < 1.29 is 9.53 Å². The first kappa shape index (κ1) is 12.6. The van der Waals surface area contributed by atoms with Crippen LogP contribution in [0.5, 0.6) is 0 Å². The molecule has 0 amide bonds. The fraction of sp³-hybridized carbons (Fsp3) is 0.250. The third kappa shape index (κ3) is 3.28. The van der Waals surface area contributed by atoms with Gasteiger partial charge in [-0.15, -0.1) is 11.6 Å². The average molecular weight is 240 g/mol. The molecule has 0 fully saturated rings. The summed E-state index contributed by atoms with van der Waals surface area (Å²) in [5, 5.41) is 0. The van der Waals surface area contributed by atoms with Gasteiger partial charge in [-0.3, -0.25) is 0 Å². The van der Waals surface area contributed by atoms with E-state index < -0.39 is 5.97 Å². The normalized spacial score (nSPS) is 10.6. The van der Waals surface area contributed by atoms with E-state index in [1.807, 2.05) is 18.2 Å². The molecule has 0 bridgehead atoms. The Kier molecular flexibility index (Phi) is 4.86. The number of halogens is 1. The van der Waals surface area contributed by atoms with Crippen molar-refractivity contribution in [1.82, 2.24) is 0 Å². The first-order chi connectivity index (χ1) is 7.69. The van der Waals surface area contributed by atoms with Crippen LogP contribution in [0.2, 0.25) is 0 Å².